The number of aromatic nitrogens is 4. The summed E-state index contributed by atoms with van der Waals surface area (Å²) in [7, 11) is 0. The predicted molar refractivity (Wildman–Crippen MR) is 156 cm³/mol. The van der Waals surface area contributed by atoms with Gasteiger partial charge in [0.25, 0.3) is 5.91 Å². The summed E-state index contributed by atoms with van der Waals surface area (Å²) < 4.78 is 8.00. The number of nitrogens with two attached hydrogens (primary N) is 1. The summed E-state index contributed by atoms with van der Waals surface area (Å²) in [6.07, 6.45) is 1.74. The summed E-state index contributed by atoms with van der Waals surface area (Å²) in [6.45, 7) is 0.271. The van der Waals surface area contributed by atoms with Gasteiger partial charge in [0.15, 0.2) is 0 Å². The van der Waals surface area contributed by atoms with E-state index in [9.17, 15) is 4.79 Å². The lowest BCUT2D eigenvalue weighted by Gasteiger charge is -2.11. The predicted octanol–water partition coefficient (Wildman–Crippen LogP) is 6.15. The number of nitrogens with one attached hydrogen (secondary N) is 2. The van der Waals surface area contributed by atoms with E-state index in [1.165, 1.54) is 0 Å². The number of anilines is 3. The molecule has 0 aliphatic heterocycles. The minimum atomic E-state index is -0.302. The third-order valence-electron chi connectivity index (χ3n) is 6.71. The number of carbonyl (C=O) groups is 1. The molecule has 0 radical (unpaired) electrons. The second-order valence-corrected chi connectivity index (χ2v) is 9.29. The summed E-state index contributed by atoms with van der Waals surface area (Å²) in [6, 6.07) is 30.6. The number of hydrogen-bond donors (Lipinski definition) is 3. The molecule has 0 saturated heterocycles. The molecule has 4 heterocycles. The largest absolute Gasteiger partial charge is 0.455 e. The summed E-state index contributed by atoms with van der Waals surface area (Å²) in [5, 5.41) is 12.8. The quantitative estimate of drug-likeness (QED) is 0.238. The third kappa shape index (κ3) is 4.20. The Hall–Kier alpha value is -5.54. The maximum Gasteiger partial charge on any atom is 0.274 e. The molecule has 0 aliphatic carbocycles. The van der Waals surface area contributed by atoms with Crippen molar-refractivity contribution in [2.24, 2.45) is 5.73 Å². The molecule has 0 atom stereocenters. The van der Waals surface area contributed by atoms with E-state index in [2.05, 4.69) is 32.8 Å². The van der Waals surface area contributed by atoms with E-state index in [4.69, 9.17) is 15.1 Å². The van der Waals surface area contributed by atoms with Crippen LogP contribution in [0.15, 0.2) is 108 Å². The molecule has 0 fully saturated rings. The fraction of sp³-hybridized carbons (Fsp3) is 0.0323. The molecule has 3 aromatic carbocycles. The van der Waals surface area contributed by atoms with E-state index in [1.54, 1.807) is 28.9 Å². The van der Waals surface area contributed by atoms with Crippen molar-refractivity contribution in [3.63, 3.8) is 0 Å². The fourth-order valence-electron chi connectivity index (χ4n) is 4.78. The zero-order valence-electron chi connectivity index (χ0n) is 21.2. The zero-order valence-corrected chi connectivity index (χ0v) is 21.2. The Morgan fingerprint density at radius 1 is 0.850 bits per heavy atom. The summed E-state index contributed by atoms with van der Waals surface area (Å²) in [5.74, 6) is 0.244. The maximum atomic E-state index is 12.6. The molecule has 9 heteroatoms. The standard InChI is InChI=1S/C31H23N7O2/c32-18-21-5-3-9-26(34-21)30(39)35-19-11-13-20(14-12-19)36-31-37-27(17-22-15-16-33-38(22)31)25-8-4-7-24-23-6-1-2-10-28(23)40-29(24)25/h1-17H,18,32H2,(H,35,39)(H,36,37). The minimum absolute atomic E-state index is 0.271. The van der Waals surface area contributed by atoms with Crippen LogP contribution >= 0.6 is 0 Å². The van der Waals surface area contributed by atoms with Gasteiger partial charge in [0.1, 0.15) is 16.9 Å². The van der Waals surface area contributed by atoms with E-state index >= 15 is 0 Å². The molecule has 4 aromatic heterocycles. The first-order valence-electron chi connectivity index (χ1n) is 12.8. The summed E-state index contributed by atoms with van der Waals surface area (Å²) in [4.78, 5) is 21.8. The molecule has 0 saturated carbocycles. The van der Waals surface area contributed by atoms with Crippen molar-refractivity contribution >= 4 is 50.7 Å². The van der Waals surface area contributed by atoms with Crippen molar-refractivity contribution in [3.8, 4) is 11.3 Å². The molecule has 0 bridgehead atoms. The van der Waals surface area contributed by atoms with E-state index in [0.717, 1.165) is 44.4 Å². The van der Waals surface area contributed by atoms with Crippen LogP contribution in [-0.2, 0) is 6.54 Å². The molecule has 7 aromatic rings. The first-order valence-corrected chi connectivity index (χ1v) is 12.8. The van der Waals surface area contributed by atoms with Gasteiger partial charge in [-0.25, -0.2) is 14.5 Å². The second kappa shape index (κ2) is 9.64. The van der Waals surface area contributed by atoms with Crippen molar-refractivity contribution < 1.29 is 9.21 Å². The van der Waals surface area contributed by atoms with E-state index in [-0.39, 0.29) is 12.5 Å². The van der Waals surface area contributed by atoms with E-state index in [1.807, 2.05) is 66.7 Å². The van der Waals surface area contributed by atoms with Gasteiger partial charge in [0.2, 0.25) is 5.95 Å². The van der Waals surface area contributed by atoms with Crippen LogP contribution in [0.5, 0.6) is 0 Å². The Bertz CT molecular complexity index is 2030. The normalized spacial score (nSPS) is 11.3. The summed E-state index contributed by atoms with van der Waals surface area (Å²) >= 11 is 0. The molecule has 40 heavy (non-hydrogen) atoms. The van der Waals surface area contributed by atoms with Crippen molar-refractivity contribution in [1.82, 2.24) is 19.6 Å². The molecule has 0 spiro atoms. The van der Waals surface area contributed by atoms with Crippen LogP contribution < -0.4 is 16.4 Å². The lowest BCUT2D eigenvalue weighted by atomic mass is 10.1. The third-order valence-corrected chi connectivity index (χ3v) is 6.71. The number of para-hydroxylation sites is 2. The number of benzene rings is 3. The number of furan rings is 1. The molecule has 1 amide bonds. The smallest absolute Gasteiger partial charge is 0.274 e. The van der Waals surface area contributed by atoms with Crippen LogP contribution in [0.3, 0.4) is 0 Å². The molecule has 0 aliphatic rings. The molecular weight excluding hydrogens is 502 g/mol. The van der Waals surface area contributed by atoms with Crippen molar-refractivity contribution in [2.75, 3.05) is 10.6 Å². The number of nitrogens with zero attached hydrogens (tertiary/aromatic N) is 4. The van der Waals surface area contributed by atoms with E-state index in [0.29, 0.717) is 23.0 Å². The van der Waals surface area contributed by atoms with Crippen molar-refractivity contribution in [2.45, 2.75) is 6.54 Å². The Kier molecular flexibility index (Phi) is 5.68. The molecular formula is C31H23N7O2. The van der Waals surface area contributed by atoms with Crippen LogP contribution in [0.25, 0.3) is 38.7 Å². The highest BCUT2D eigenvalue weighted by molar-refractivity contribution is 6.09. The molecule has 9 nitrogen and oxygen atoms in total. The Morgan fingerprint density at radius 2 is 1.65 bits per heavy atom. The zero-order chi connectivity index (χ0) is 27.1. The van der Waals surface area contributed by atoms with Gasteiger partial charge in [-0.1, -0.05) is 36.4 Å². The fourth-order valence-corrected chi connectivity index (χ4v) is 4.78. The Balaban J connectivity index is 1.19. The lowest BCUT2D eigenvalue weighted by Crippen LogP contribution is -2.15. The van der Waals surface area contributed by atoms with Crippen LogP contribution in [0.2, 0.25) is 0 Å². The van der Waals surface area contributed by atoms with Gasteiger partial charge in [0, 0.05) is 34.3 Å². The number of rotatable bonds is 6. The lowest BCUT2D eigenvalue weighted by molar-refractivity contribution is 0.102. The van der Waals surface area contributed by atoms with Gasteiger partial charge >= 0.3 is 0 Å². The number of carbonyl (C=O) groups excluding carboxylic acids is 1. The van der Waals surface area contributed by atoms with Crippen LogP contribution in [0.4, 0.5) is 17.3 Å². The highest BCUT2D eigenvalue weighted by atomic mass is 16.3. The summed E-state index contributed by atoms with van der Waals surface area (Å²) in [5.41, 5.74) is 12.2. The first-order chi connectivity index (χ1) is 19.7. The van der Waals surface area contributed by atoms with Gasteiger partial charge in [-0.2, -0.15) is 5.10 Å². The number of hydrogen-bond acceptors (Lipinski definition) is 7. The van der Waals surface area contributed by atoms with E-state index < -0.39 is 0 Å². The molecule has 7 rings (SSSR count). The highest BCUT2D eigenvalue weighted by Gasteiger charge is 2.16. The Labute approximate surface area is 228 Å². The molecule has 4 N–H and O–H groups in total. The monoisotopic (exact) mass is 525 g/mol. The highest BCUT2D eigenvalue weighted by Crippen LogP contribution is 2.36. The average molecular weight is 526 g/mol. The van der Waals surface area contributed by atoms with Gasteiger partial charge in [-0.05, 0) is 60.7 Å². The van der Waals surface area contributed by atoms with Crippen LogP contribution in [0.1, 0.15) is 16.2 Å². The van der Waals surface area contributed by atoms with Crippen molar-refractivity contribution in [1.29, 1.82) is 0 Å². The van der Waals surface area contributed by atoms with Gasteiger partial charge < -0.3 is 20.8 Å². The van der Waals surface area contributed by atoms with Gasteiger partial charge in [-0.15, -0.1) is 0 Å². The minimum Gasteiger partial charge on any atom is -0.455 e. The number of fused-ring (bicyclic) bond motifs is 4. The SMILES string of the molecule is NCc1cccc(C(=O)Nc2ccc(Nc3nc(-c4cccc5c4oc4ccccc45)cc4ccnn34)cc2)n1. The van der Waals surface area contributed by atoms with Crippen LogP contribution in [0, 0.1) is 0 Å². The number of amides is 1. The van der Waals surface area contributed by atoms with Gasteiger partial charge in [0.05, 0.1) is 23.1 Å². The maximum absolute atomic E-state index is 12.6. The average Bonchev–Trinajstić information content (AvgIpc) is 3.63. The number of pyridine rings is 1. The van der Waals surface area contributed by atoms with Gasteiger partial charge in [-0.3, -0.25) is 4.79 Å². The molecule has 194 valence electrons. The topological polar surface area (TPSA) is 123 Å². The first kappa shape index (κ1) is 23.6. The van der Waals surface area contributed by atoms with Crippen LogP contribution in [-0.4, -0.2) is 25.5 Å². The Morgan fingerprint density at radius 3 is 2.52 bits per heavy atom. The van der Waals surface area contributed by atoms with Crippen molar-refractivity contribution in [3.05, 3.63) is 115 Å². The second-order valence-electron chi connectivity index (χ2n) is 9.29. The molecule has 0 unspecified atom stereocenters.